The van der Waals surface area contributed by atoms with Gasteiger partial charge in [-0.3, -0.25) is 4.79 Å². The van der Waals surface area contributed by atoms with Gasteiger partial charge in [0, 0.05) is 13.0 Å². The number of ether oxygens (including phenoxy) is 1. The summed E-state index contributed by atoms with van der Waals surface area (Å²) in [6.07, 6.45) is 43.8. The fourth-order valence-electron chi connectivity index (χ4n) is 6.55. The molecule has 0 bridgehead atoms. The summed E-state index contributed by atoms with van der Waals surface area (Å²) in [7, 11) is 0. The predicted molar refractivity (Wildman–Crippen MR) is 226 cm³/mol. The summed E-state index contributed by atoms with van der Waals surface area (Å²) < 4.78 is 5.59. The van der Waals surface area contributed by atoms with E-state index in [1.807, 2.05) is 6.92 Å². The molecule has 308 valence electrons. The maximum Gasteiger partial charge on any atom is 0.306 e. The van der Waals surface area contributed by atoms with Crippen LogP contribution in [0.5, 0.6) is 0 Å². The smallest absolute Gasteiger partial charge is 0.306 e. The van der Waals surface area contributed by atoms with Gasteiger partial charge >= 0.3 is 5.97 Å². The number of hydrogen-bond acceptors (Lipinski definition) is 5. The number of aldehydes is 1. The first-order valence-electron chi connectivity index (χ1n) is 22.9. The van der Waals surface area contributed by atoms with Gasteiger partial charge in [0.15, 0.2) is 0 Å². The van der Waals surface area contributed by atoms with E-state index in [0.29, 0.717) is 6.42 Å². The second-order valence-corrected chi connectivity index (χ2v) is 15.2. The Morgan fingerprint density at radius 1 is 0.510 bits per heavy atom. The number of unbranched alkanes of at least 4 members (excludes halogenated alkanes) is 27. The van der Waals surface area contributed by atoms with Crippen molar-refractivity contribution in [2.45, 2.75) is 260 Å². The molecular weight excluding hydrogens is 631 g/mol. The Morgan fingerprint density at radius 2 is 0.804 bits per heavy atom. The Hall–Kier alpha value is -0.940. The van der Waals surface area contributed by atoms with Crippen LogP contribution in [-0.4, -0.2) is 54.6 Å². The minimum absolute atomic E-state index is 0.0135. The Bertz CT molecular complexity index is 622. The maximum absolute atomic E-state index is 12.1. The molecule has 0 aromatic carbocycles. The number of esters is 1. The molecular formula is C46H95NO4. The second-order valence-electron chi connectivity index (χ2n) is 15.2. The summed E-state index contributed by atoms with van der Waals surface area (Å²) in [5, 5.41) is 9.43. The quantitative estimate of drug-likeness (QED) is 0.0390. The van der Waals surface area contributed by atoms with Gasteiger partial charge in [0.2, 0.25) is 0 Å². The van der Waals surface area contributed by atoms with Gasteiger partial charge < -0.3 is 19.5 Å². The average molecular weight is 726 g/mol. The van der Waals surface area contributed by atoms with Crippen LogP contribution in [0.3, 0.4) is 0 Å². The fraction of sp³-hybridized carbons (Fsp3) is 0.957. The lowest BCUT2D eigenvalue weighted by atomic mass is 10.0. The first-order valence-corrected chi connectivity index (χ1v) is 22.9. The van der Waals surface area contributed by atoms with Crippen molar-refractivity contribution in [1.29, 1.82) is 0 Å². The molecule has 0 heterocycles. The lowest BCUT2D eigenvalue weighted by Crippen LogP contribution is -2.29. The first kappa shape index (κ1) is 54.4. The van der Waals surface area contributed by atoms with Gasteiger partial charge in [-0.2, -0.15) is 0 Å². The molecule has 0 saturated heterocycles. The third-order valence-electron chi connectivity index (χ3n) is 9.85. The van der Waals surface area contributed by atoms with E-state index in [1.54, 1.807) is 0 Å². The minimum atomic E-state index is -0.0135. The molecule has 0 aromatic heterocycles. The van der Waals surface area contributed by atoms with Crippen molar-refractivity contribution < 1.29 is 19.4 Å². The third-order valence-corrected chi connectivity index (χ3v) is 9.85. The number of carbonyl (C=O) groups is 2. The number of aliphatic hydroxyl groups excluding tert-OH is 1. The summed E-state index contributed by atoms with van der Waals surface area (Å²) in [5.74, 6) is -0.0135. The zero-order valence-corrected chi connectivity index (χ0v) is 35.9. The van der Waals surface area contributed by atoms with Crippen molar-refractivity contribution in [2.24, 2.45) is 0 Å². The van der Waals surface area contributed by atoms with E-state index in [1.165, 1.54) is 193 Å². The normalized spacial score (nSPS) is 11.5. The summed E-state index contributed by atoms with van der Waals surface area (Å²) in [6, 6.07) is 0. The van der Waals surface area contributed by atoms with Crippen LogP contribution in [0.2, 0.25) is 0 Å². The number of nitrogens with zero attached hydrogens (tertiary/aromatic N) is 1. The summed E-state index contributed by atoms with van der Waals surface area (Å²) >= 11 is 0. The van der Waals surface area contributed by atoms with Gasteiger partial charge in [0.1, 0.15) is 6.29 Å². The molecule has 0 saturated carbocycles. The Morgan fingerprint density at radius 3 is 1.14 bits per heavy atom. The molecule has 1 N–H and O–H groups in total. The van der Waals surface area contributed by atoms with Crippen LogP contribution >= 0.6 is 0 Å². The van der Waals surface area contributed by atoms with Gasteiger partial charge in [-0.1, -0.05) is 201 Å². The molecule has 0 aromatic rings. The highest BCUT2D eigenvalue weighted by Crippen LogP contribution is 2.14. The van der Waals surface area contributed by atoms with Crippen LogP contribution in [0, 0.1) is 0 Å². The lowest BCUT2D eigenvalue weighted by Gasteiger charge is -2.21. The number of rotatable bonds is 38. The highest BCUT2D eigenvalue weighted by molar-refractivity contribution is 5.69. The van der Waals surface area contributed by atoms with Crippen LogP contribution in [0.25, 0.3) is 0 Å². The molecule has 1 unspecified atom stereocenters. The lowest BCUT2D eigenvalue weighted by molar-refractivity contribution is -0.148. The van der Waals surface area contributed by atoms with Crippen molar-refractivity contribution >= 4 is 12.3 Å². The number of aliphatic hydroxyl groups is 1. The third kappa shape index (κ3) is 53.5. The zero-order valence-electron chi connectivity index (χ0n) is 35.9. The van der Waals surface area contributed by atoms with Crippen LogP contribution in [0.15, 0.2) is 0 Å². The topological polar surface area (TPSA) is 66.8 Å². The van der Waals surface area contributed by atoms with Crippen molar-refractivity contribution in [2.75, 3.05) is 26.2 Å². The number of hydrogen-bond donors (Lipinski definition) is 1. The molecule has 0 aliphatic heterocycles. The monoisotopic (exact) mass is 726 g/mol. The molecule has 0 aliphatic rings. The van der Waals surface area contributed by atoms with Crippen molar-refractivity contribution in [3.05, 3.63) is 0 Å². The van der Waals surface area contributed by atoms with Crippen LogP contribution in [0.4, 0.5) is 0 Å². The Kier molecular flexibility index (Phi) is 54.6. The van der Waals surface area contributed by atoms with E-state index in [-0.39, 0.29) is 18.7 Å². The van der Waals surface area contributed by atoms with Crippen LogP contribution in [0.1, 0.15) is 253 Å². The summed E-state index contributed by atoms with van der Waals surface area (Å²) in [4.78, 5) is 23.3. The predicted octanol–water partition coefficient (Wildman–Crippen LogP) is 14.4. The molecule has 0 rings (SSSR count). The van der Waals surface area contributed by atoms with E-state index in [4.69, 9.17) is 9.53 Å². The Balaban J connectivity index is -0.00000163. The summed E-state index contributed by atoms with van der Waals surface area (Å²) in [6.45, 7) is 15.8. The van der Waals surface area contributed by atoms with Gasteiger partial charge in [0.05, 0.1) is 12.7 Å². The van der Waals surface area contributed by atoms with E-state index in [0.717, 1.165) is 45.2 Å². The molecule has 5 heteroatoms. The van der Waals surface area contributed by atoms with E-state index in [2.05, 4.69) is 32.6 Å². The van der Waals surface area contributed by atoms with E-state index in [9.17, 15) is 9.90 Å². The largest absolute Gasteiger partial charge is 0.463 e. The maximum atomic E-state index is 12.1. The molecule has 0 amide bonds. The zero-order chi connectivity index (χ0) is 38.3. The van der Waals surface area contributed by atoms with Crippen LogP contribution < -0.4 is 0 Å². The van der Waals surface area contributed by atoms with E-state index >= 15 is 0 Å². The second kappa shape index (κ2) is 51.2. The van der Waals surface area contributed by atoms with Gasteiger partial charge in [-0.25, -0.2) is 0 Å². The molecule has 51 heavy (non-hydrogen) atoms. The van der Waals surface area contributed by atoms with Gasteiger partial charge in [-0.05, 0) is 59.0 Å². The SMILES string of the molecule is CC=O.CCCCCCCCC.CCCCCCCCCCCCCCCN(CCO)CCCCCCCC(=O)OC(C)CCCCCCCC. The highest BCUT2D eigenvalue weighted by Gasteiger charge is 2.09. The van der Waals surface area contributed by atoms with Crippen molar-refractivity contribution in [3.63, 3.8) is 0 Å². The van der Waals surface area contributed by atoms with Gasteiger partial charge in [0.25, 0.3) is 0 Å². The molecule has 0 aliphatic carbocycles. The van der Waals surface area contributed by atoms with Crippen molar-refractivity contribution in [1.82, 2.24) is 4.90 Å². The van der Waals surface area contributed by atoms with Crippen LogP contribution in [-0.2, 0) is 14.3 Å². The Labute approximate surface area is 321 Å². The standard InChI is InChI=1S/C35H71NO3.C9H20.C2H4O/c1-4-6-8-10-12-13-14-15-16-17-18-22-26-30-36(32-33-37)31-27-23-19-21-25-29-35(38)39-34(3)28-24-20-11-9-7-5-2;1-3-5-7-9-8-6-4-2;1-2-3/h34,37H,4-33H2,1-3H3;3-9H2,1-2H3;2H,1H3. The van der Waals surface area contributed by atoms with Gasteiger partial charge in [-0.15, -0.1) is 0 Å². The number of carbonyl (C=O) groups excluding carboxylic acids is 2. The highest BCUT2D eigenvalue weighted by atomic mass is 16.5. The van der Waals surface area contributed by atoms with E-state index < -0.39 is 0 Å². The molecule has 0 radical (unpaired) electrons. The molecule has 0 spiro atoms. The summed E-state index contributed by atoms with van der Waals surface area (Å²) in [5.41, 5.74) is 0. The molecule has 5 nitrogen and oxygen atoms in total. The van der Waals surface area contributed by atoms with Crippen molar-refractivity contribution in [3.8, 4) is 0 Å². The molecule has 0 fully saturated rings. The molecule has 1 atom stereocenters. The minimum Gasteiger partial charge on any atom is -0.463 e. The average Bonchev–Trinajstić information content (AvgIpc) is 3.11. The first-order chi connectivity index (χ1) is 25.0. The fourth-order valence-corrected chi connectivity index (χ4v) is 6.55.